The maximum absolute atomic E-state index is 12.3. The monoisotopic (exact) mass is 373 g/mol. The number of amides is 1. The smallest absolute Gasteiger partial charge is 0.265 e. The molecule has 2 aromatic rings. The molecule has 0 bridgehead atoms. The zero-order chi connectivity index (χ0) is 18.5. The predicted octanol–water partition coefficient (Wildman–Crippen LogP) is 3.87. The van der Waals surface area contributed by atoms with Crippen molar-refractivity contribution in [2.24, 2.45) is 0 Å². The van der Waals surface area contributed by atoms with Crippen LogP contribution in [-0.2, 0) is 16.1 Å². The van der Waals surface area contributed by atoms with E-state index in [0.717, 1.165) is 5.56 Å². The van der Waals surface area contributed by atoms with E-state index < -0.39 is 0 Å². The summed E-state index contributed by atoms with van der Waals surface area (Å²) in [6, 6.07) is 13.1. The number of carbonyl (C=O) groups excluding carboxylic acids is 2. The molecule has 0 atom stereocenters. The molecular formula is C20H20ClNO4. The van der Waals surface area contributed by atoms with Gasteiger partial charge in [-0.25, -0.2) is 0 Å². The lowest BCUT2D eigenvalue weighted by atomic mass is 10.1. The van der Waals surface area contributed by atoms with Crippen molar-refractivity contribution in [3.8, 4) is 5.75 Å². The van der Waals surface area contributed by atoms with Gasteiger partial charge in [0.2, 0.25) is 0 Å². The predicted molar refractivity (Wildman–Crippen MR) is 100 cm³/mol. The first kappa shape index (κ1) is 18.4. The second-order valence-electron chi connectivity index (χ2n) is 6.08. The number of halogens is 1. The number of benzene rings is 2. The maximum atomic E-state index is 12.3. The second-order valence-corrected chi connectivity index (χ2v) is 6.52. The molecule has 0 spiro atoms. The number of hydrogen-bond donors (Lipinski definition) is 0. The molecule has 0 N–H and O–H groups in total. The first-order valence-corrected chi connectivity index (χ1v) is 8.83. The van der Waals surface area contributed by atoms with Gasteiger partial charge in [-0.1, -0.05) is 41.9 Å². The molecule has 0 aromatic heterocycles. The standard InChI is InChI=1S/C20H20ClNO4/c1-14(23)17-10-16(21)11-18-20(17)26-13-19(24)22(18)8-5-9-25-12-15-6-3-2-4-7-15/h2-4,6-7,10-11H,5,8-9,12-13H2,1H3. The maximum Gasteiger partial charge on any atom is 0.265 e. The number of Topliss-reactive ketones (excluding diaryl/α,β-unsaturated/α-hetero) is 1. The third-order valence-corrected chi connectivity index (χ3v) is 4.35. The van der Waals surface area contributed by atoms with Crippen molar-refractivity contribution in [2.75, 3.05) is 24.7 Å². The highest BCUT2D eigenvalue weighted by molar-refractivity contribution is 6.31. The Balaban J connectivity index is 1.63. The number of carbonyl (C=O) groups is 2. The van der Waals surface area contributed by atoms with Gasteiger partial charge in [0.05, 0.1) is 17.9 Å². The molecule has 136 valence electrons. The summed E-state index contributed by atoms with van der Waals surface area (Å²) in [5, 5.41) is 0.401. The van der Waals surface area contributed by atoms with Crippen molar-refractivity contribution in [1.82, 2.24) is 0 Å². The third kappa shape index (κ3) is 4.23. The summed E-state index contributed by atoms with van der Waals surface area (Å²) in [4.78, 5) is 25.7. The summed E-state index contributed by atoms with van der Waals surface area (Å²) >= 11 is 6.12. The Kier molecular flexibility index (Phi) is 5.91. The first-order chi connectivity index (χ1) is 12.6. The number of anilines is 1. The molecule has 3 rings (SSSR count). The highest BCUT2D eigenvalue weighted by atomic mass is 35.5. The average Bonchev–Trinajstić information content (AvgIpc) is 2.63. The van der Waals surface area contributed by atoms with Gasteiger partial charge in [-0.3, -0.25) is 9.59 Å². The Bertz CT molecular complexity index is 807. The SMILES string of the molecule is CC(=O)c1cc(Cl)cc2c1OCC(=O)N2CCCOCc1ccccc1. The van der Waals surface area contributed by atoms with Crippen LogP contribution in [0.15, 0.2) is 42.5 Å². The molecule has 2 aromatic carbocycles. The van der Waals surface area contributed by atoms with Gasteiger partial charge < -0.3 is 14.4 Å². The van der Waals surface area contributed by atoms with Gasteiger partial charge in [0.1, 0.15) is 0 Å². The molecule has 26 heavy (non-hydrogen) atoms. The lowest BCUT2D eigenvalue weighted by molar-refractivity contribution is -0.121. The van der Waals surface area contributed by atoms with Gasteiger partial charge in [0, 0.05) is 18.2 Å². The molecule has 6 heteroatoms. The minimum Gasteiger partial charge on any atom is -0.481 e. The van der Waals surface area contributed by atoms with Crippen LogP contribution in [0.5, 0.6) is 5.75 Å². The van der Waals surface area contributed by atoms with E-state index in [1.807, 2.05) is 30.3 Å². The van der Waals surface area contributed by atoms with Gasteiger partial charge in [-0.15, -0.1) is 0 Å². The molecule has 0 fully saturated rings. The fourth-order valence-corrected chi connectivity index (χ4v) is 3.09. The molecule has 1 aliphatic heterocycles. The zero-order valence-corrected chi connectivity index (χ0v) is 15.3. The molecule has 0 saturated heterocycles. The summed E-state index contributed by atoms with van der Waals surface area (Å²) in [6.45, 7) is 2.90. The number of ketones is 1. The fourth-order valence-electron chi connectivity index (χ4n) is 2.87. The van der Waals surface area contributed by atoms with Crippen LogP contribution < -0.4 is 9.64 Å². The molecule has 0 saturated carbocycles. The summed E-state index contributed by atoms with van der Waals surface area (Å²) in [6.07, 6.45) is 0.667. The normalized spacial score (nSPS) is 13.3. The minimum atomic E-state index is -0.155. The van der Waals surface area contributed by atoms with Crippen molar-refractivity contribution in [3.63, 3.8) is 0 Å². The second kappa shape index (κ2) is 8.34. The molecule has 0 unspecified atom stereocenters. The Morgan fingerprint density at radius 1 is 1.27 bits per heavy atom. The Morgan fingerprint density at radius 2 is 2.04 bits per heavy atom. The van der Waals surface area contributed by atoms with Crippen LogP contribution in [0.1, 0.15) is 29.3 Å². The zero-order valence-electron chi connectivity index (χ0n) is 14.5. The Hall–Kier alpha value is -2.37. The average molecular weight is 374 g/mol. The number of nitrogens with zero attached hydrogens (tertiary/aromatic N) is 1. The fraction of sp³-hybridized carbons (Fsp3) is 0.300. The molecule has 1 amide bonds. The molecule has 1 aliphatic rings. The van der Waals surface area contributed by atoms with Crippen LogP contribution in [0.25, 0.3) is 0 Å². The molecule has 0 aliphatic carbocycles. The summed E-state index contributed by atoms with van der Waals surface area (Å²) < 4.78 is 11.2. The van der Waals surface area contributed by atoms with E-state index in [-0.39, 0.29) is 18.3 Å². The number of rotatable bonds is 7. The third-order valence-electron chi connectivity index (χ3n) is 4.13. The Morgan fingerprint density at radius 3 is 2.77 bits per heavy atom. The first-order valence-electron chi connectivity index (χ1n) is 8.45. The molecular weight excluding hydrogens is 354 g/mol. The highest BCUT2D eigenvalue weighted by Gasteiger charge is 2.28. The van der Waals surface area contributed by atoms with Crippen LogP contribution >= 0.6 is 11.6 Å². The van der Waals surface area contributed by atoms with E-state index >= 15 is 0 Å². The van der Waals surface area contributed by atoms with Gasteiger partial charge >= 0.3 is 0 Å². The van der Waals surface area contributed by atoms with Crippen LogP contribution in [0.3, 0.4) is 0 Å². The van der Waals surface area contributed by atoms with Crippen LogP contribution in [0.4, 0.5) is 5.69 Å². The minimum absolute atomic E-state index is 0.0835. The van der Waals surface area contributed by atoms with Gasteiger partial charge in [-0.2, -0.15) is 0 Å². The Labute approximate surface area is 157 Å². The summed E-state index contributed by atoms with van der Waals surface area (Å²) in [5.41, 5.74) is 2.05. The van der Waals surface area contributed by atoms with Crippen LogP contribution in [0, 0.1) is 0 Å². The lowest BCUT2D eigenvalue weighted by Gasteiger charge is -2.30. The quantitative estimate of drug-likeness (QED) is 0.546. The van der Waals surface area contributed by atoms with Gasteiger partial charge in [-0.05, 0) is 31.0 Å². The number of fused-ring (bicyclic) bond motifs is 1. The van der Waals surface area contributed by atoms with E-state index in [1.54, 1.807) is 17.0 Å². The van der Waals surface area contributed by atoms with E-state index in [1.165, 1.54) is 6.92 Å². The number of hydrogen-bond acceptors (Lipinski definition) is 4. The van der Waals surface area contributed by atoms with Crippen molar-refractivity contribution in [1.29, 1.82) is 0 Å². The van der Waals surface area contributed by atoms with E-state index in [9.17, 15) is 9.59 Å². The van der Waals surface area contributed by atoms with Crippen molar-refractivity contribution >= 4 is 29.0 Å². The molecule has 5 nitrogen and oxygen atoms in total. The van der Waals surface area contributed by atoms with E-state index in [0.29, 0.717) is 48.2 Å². The lowest BCUT2D eigenvalue weighted by Crippen LogP contribution is -2.40. The van der Waals surface area contributed by atoms with Crippen molar-refractivity contribution in [2.45, 2.75) is 20.0 Å². The largest absolute Gasteiger partial charge is 0.481 e. The molecule has 0 radical (unpaired) electrons. The van der Waals surface area contributed by atoms with Crippen LogP contribution in [-0.4, -0.2) is 31.4 Å². The van der Waals surface area contributed by atoms with Gasteiger partial charge in [0.15, 0.2) is 18.1 Å². The van der Waals surface area contributed by atoms with Crippen molar-refractivity contribution < 1.29 is 19.1 Å². The highest BCUT2D eigenvalue weighted by Crippen LogP contribution is 2.38. The van der Waals surface area contributed by atoms with Gasteiger partial charge in [0.25, 0.3) is 5.91 Å². The van der Waals surface area contributed by atoms with Crippen LogP contribution in [0.2, 0.25) is 5.02 Å². The molecule has 1 heterocycles. The van der Waals surface area contributed by atoms with Crippen molar-refractivity contribution in [3.05, 3.63) is 58.6 Å². The number of ether oxygens (including phenoxy) is 2. The van der Waals surface area contributed by atoms with E-state index in [4.69, 9.17) is 21.1 Å². The van der Waals surface area contributed by atoms with E-state index in [2.05, 4.69) is 0 Å². The summed E-state index contributed by atoms with van der Waals surface area (Å²) in [7, 11) is 0. The topological polar surface area (TPSA) is 55.8 Å². The summed E-state index contributed by atoms with van der Waals surface area (Å²) in [5.74, 6) is 0.119.